The topological polar surface area (TPSA) is 66.8 Å². The van der Waals surface area contributed by atoms with E-state index in [1.807, 2.05) is 18.2 Å². The molecule has 0 aliphatic carbocycles. The van der Waals surface area contributed by atoms with Crippen LogP contribution >= 0.6 is 0 Å². The number of hydrogen-bond donors (Lipinski definition) is 1. The van der Waals surface area contributed by atoms with Crippen molar-refractivity contribution in [2.45, 2.75) is 38.1 Å². The lowest BCUT2D eigenvalue weighted by atomic mass is 9.98. The van der Waals surface area contributed by atoms with Gasteiger partial charge in [0.25, 0.3) is 0 Å². The molecule has 2 heterocycles. The summed E-state index contributed by atoms with van der Waals surface area (Å²) in [4.78, 5) is 25.4. The van der Waals surface area contributed by atoms with Gasteiger partial charge < -0.3 is 14.7 Å². The molecule has 1 aromatic carbocycles. The fourth-order valence-corrected chi connectivity index (χ4v) is 3.21. The second-order valence-electron chi connectivity index (χ2n) is 5.95. The third kappa shape index (κ3) is 2.37. The molecular weight excluding hydrogens is 270 g/mol. The Morgan fingerprint density at radius 3 is 3.00 bits per heavy atom. The van der Waals surface area contributed by atoms with Crippen LogP contribution in [0.2, 0.25) is 0 Å². The summed E-state index contributed by atoms with van der Waals surface area (Å²) in [7, 11) is 0. The third-order valence-electron chi connectivity index (χ3n) is 4.51. The van der Waals surface area contributed by atoms with Gasteiger partial charge in [0, 0.05) is 13.0 Å². The number of nitrogens with zero attached hydrogens (tertiary/aromatic N) is 1. The molecule has 1 N–H and O–H groups in total. The van der Waals surface area contributed by atoms with Crippen molar-refractivity contribution in [3.63, 3.8) is 0 Å². The van der Waals surface area contributed by atoms with Crippen molar-refractivity contribution < 1.29 is 19.4 Å². The number of carbonyl (C=O) groups is 2. The molecule has 1 atom stereocenters. The van der Waals surface area contributed by atoms with Crippen molar-refractivity contribution in [3.05, 3.63) is 29.3 Å². The zero-order valence-corrected chi connectivity index (χ0v) is 12.1. The van der Waals surface area contributed by atoms with Gasteiger partial charge in [0.15, 0.2) is 0 Å². The monoisotopic (exact) mass is 289 g/mol. The molecule has 0 bridgehead atoms. The molecule has 1 aromatic rings. The van der Waals surface area contributed by atoms with E-state index in [9.17, 15) is 14.7 Å². The van der Waals surface area contributed by atoms with Crippen molar-refractivity contribution in [1.82, 2.24) is 4.90 Å². The molecule has 5 nitrogen and oxygen atoms in total. The number of carboxylic acid groups (broad SMARTS) is 1. The normalized spacial score (nSPS) is 23.8. The largest absolute Gasteiger partial charge is 0.493 e. The molecule has 2 aliphatic rings. The van der Waals surface area contributed by atoms with Crippen molar-refractivity contribution >= 4 is 11.9 Å². The summed E-state index contributed by atoms with van der Waals surface area (Å²) in [6.07, 6.45) is 2.38. The average molecular weight is 289 g/mol. The maximum atomic E-state index is 12.5. The Hall–Kier alpha value is -2.04. The Bertz CT molecular complexity index is 598. The Kier molecular flexibility index (Phi) is 3.35. The number of ether oxygens (including phenoxy) is 1. The van der Waals surface area contributed by atoms with Crippen LogP contribution in [0.4, 0.5) is 0 Å². The highest BCUT2D eigenvalue weighted by atomic mass is 16.5. The number of amides is 1. The maximum absolute atomic E-state index is 12.5. The van der Waals surface area contributed by atoms with Gasteiger partial charge in [-0.05, 0) is 37.0 Å². The van der Waals surface area contributed by atoms with Crippen molar-refractivity contribution in [3.8, 4) is 5.75 Å². The lowest BCUT2D eigenvalue weighted by molar-refractivity contribution is -0.155. The molecule has 2 aliphatic heterocycles. The Labute approximate surface area is 123 Å². The van der Waals surface area contributed by atoms with Gasteiger partial charge in [0.1, 0.15) is 11.3 Å². The predicted molar refractivity (Wildman–Crippen MR) is 76.3 cm³/mol. The van der Waals surface area contributed by atoms with Crippen molar-refractivity contribution in [2.24, 2.45) is 0 Å². The number of carboxylic acids is 1. The van der Waals surface area contributed by atoms with Crippen LogP contribution in [0.1, 0.15) is 30.9 Å². The van der Waals surface area contributed by atoms with Gasteiger partial charge in [-0.3, -0.25) is 4.79 Å². The zero-order chi connectivity index (χ0) is 15.0. The molecule has 0 spiro atoms. The number of benzene rings is 1. The van der Waals surface area contributed by atoms with Gasteiger partial charge in [0.2, 0.25) is 5.91 Å². The maximum Gasteiger partial charge on any atom is 0.329 e. The van der Waals surface area contributed by atoms with Gasteiger partial charge in [-0.1, -0.05) is 12.1 Å². The molecule has 0 saturated carbocycles. The van der Waals surface area contributed by atoms with Crippen molar-refractivity contribution in [1.29, 1.82) is 0 Å². The van der Waals surface area contributed by atoms with Crippen LogP contribution in [0.3, 0.4) is 0 Å². The summed E-state index contributed by atoms with van der Waals surface area (Å²) in [6, 6.07) is 5.77. The van der Waals surface area contributed by atoms with Crippen LogP contribution in [0.25, 0.3) is 0 Å². The van der Waals surface area contributed by atoms with E-state index < -0.39 is 11.5 Å². The van der Waals surface area contributed by atoms with Crippen molar-refractivity contribution in [2.75, 3.05) is 13.2 Å². The summed E-state index contributed by atoms with van der Waals surface area (Å²) in [5.74, 6) is -0.144. The minimum Gasteiger partial charge on any atom is -0.493 e. The first-order valence-electron chi connectivity index (χ1n) is 7.29. The van der Waals surface area contributed by atoms with E-state index in [2.05, 4.69) is 0 Å². The van der Waals surface area contributed by atoms with Gasteiger partial charge in [0.05, 0.1) is 13.0 Å². The third-order valence-corrected chi connectivity index (χ3v) is 4.51. The molecule has 1 saturated heterocycles. The summed E-state index contributed by atoms with van der Waals surface area (Å²) < 4.78 is 5.45. The molecule has 1 unspecified atom stereocenters. The fraction of sp³-hybridized carbons (Fsp3) is 0.500. The summed E-state index contributed by atoms with van der Waals surface area (Å²) >= 11 is 0. The average Bonchev–Trinajstić information content (AvgIpc) is 3.05. The summed E-state index contributed by atoms with van der Waals surface area (Å²) in [5, 5.41) is 9.37. The van der Waals surface area contributed by atoms with E-state index >= 15 is 0 Å². The van der Waals surface area contributed by atoms with Crippen LogP contribution in [-0.2, 0) is 22.4 Å². The number of carbonyl (C=O) groups excluding carboxylic acids is 1. The molecule has 1 amide bonds. The van der Waals surface area contributed by atoms with E-state index in [0.29, 0.717) is 19.6 Å². The Morgan fingerprint density at radius 2 is 2.24 bits per heavy atom. The lowest BCUT2D eigenvalue weighted by Gasteiger charge is -2.31. The number of hydrogen-bond acceptors (Lipinski definition) is 3. The summed E-state index contributed by atoms with van der Waals surface area (Å²) in [5.41, 5.74) is 0.989. The van der Waals surface area contributed by atoms with E-state index in [1.165, 1.54) is 4.90 Å². The molecule has 3 rings (SSSR count). The Balaban J connectivity index is 1.76. The van der Waals surface area contributed by atoms with Crippen LogP contribution in [0, 0.1) is 0 Å². The van der Waals surface area contributed by atoms with Gasteiger partial charge in [-0.25, -0.2) is 4.79 Å². The molecule has 0 radical (unpaired) electrons. The number of fused-ring (bicyclic) bond motifs is 1. The number of aliphatic carboxylic acids is 1. The van der Waals surface area contributed by atoms with Crippen LogP contribution < -0.4 is 4.74 Å². The van der Waals surface area contributed by atoms with Crippen LogP contribution in [0.5, 0.6) is 5.75 Å². The minimum atomic E-state index is -1.06. The first-order valence-corrected chi connectivity index (χ1v) is 7.29. The first kappa shape index (κ1) is 13.9. The smallest absolute Gasteiger partial charge is 0.329 e. The highest BCUT2D eigenvalue weighted by Crippen LogP contribution is 2.31. The molecule has 5 heteroatoms. The fourth-order valence-electron chi connectivity index (χ4n) is 3.21. The quantitative estimate of drug-likeness (QED) is 0.918. The number of rotatable bonds is 3. The predicted octanol–water partition coefficient (Wildman–Crippen LogP) is 1.63. The second-order valence-corrected chi connectivity index (χ2v) is 5.95. The second kappa shape index (κ2) is 5.06. The van der Waals surface area contributed by atoms with E-state index in [0.717, 1.165) is 29.7 Å². The molecule has 21 heavy (non-hydrogen) atoms. The lowest BCUT2D eigenvalue weighted by Crippen LogP contribution is -2.51. The minimum absolute atomic E-state index is 0.115. The van der Waals surface area contributed by atoms with E-state index in [-0.39, 0.29) is 12.3 Å². The van der Waals surface area contributed by atoms with E-state index in [4.69, 9.17) is 4.74 Å². The number of likely N-dealkylation sites (tertiary alicyclic amines) is 1. The molecule has 1 fully saturated rings. The van der Waals surface area contributed by atoms with Gasteiger partial charge >= 0.3 is 5.97 Å². The van der Waals surface area contributed by atoms with Gasteiger partial charge in [-0.15, -0.1) is 0 Å². The molecule has 0 aromatic heterocycles. The van der Waals surface area contributed by atoms with Crippen LogP contribution in [0.15, 0.2) is 18.2 Å². The van der Waals surface area contributed by atoms with E-state index in [1.54, 1.807) is 6.92 Å². The standard InChI is InChI=1S/C16H19NO4/c1-16(15(19)20)6-2-7-17(16)14(18)10-11-3-4-13-12(9-11)5-8-21-13/h3-4,9H,2,5-8,10H2,1H3,(H,19,20). The molecule has 112 valence electrons. The Morgan fingerprint density at radius 1 is 1.43 bits per heavy atom. The summed E-state index contributed by atoms with van der Waals surface area (Å²) in [6.45, 7) is 2.85. The first-order chi connectivity index (χ1) is 10.0. The molecular formula is C16H19NO4. The van der Waals surface area contributed by atoms with Gasteiger partial charge in [-0.2, -0.15) is 0 Å². The highest BCUT2D eigenvalue weighted by Gasteiger charge is 2.45. The van der Waals surface area contributed by atoms with Crippen LogP contribution in [-0.4, -0.2) is 40.6 Å². The highest BCUT2D eigenvalue weighted by molar-refractivity contribution is 5.88. The zero-order valence-electron chi connectivity index (χ0n) is 12.1. The SMILES string of the molecule is CC1(C(=O)O)CCCN1C(=O)Cc1ccc2c(c1)CCO2.